The van der Waals surface area contributed by atoms with E-state index in [1.807, 2.05) is 0 Å². The first-order chi connectivity index (χ1) is 6.60. The van der Waals surface area contributed by atoms with Crippen molar-refractivity contribution in [3.63, 3.8) is 0 Å². The lowest BCUT2D eigenvalue weighted by molar-refractivity contribution is 0.148. The van der Waals surface area contributed by atoms with E-state index in [4.69, 9.17) is 10.6 Å². The normalized spacial score (nSPS) is 15.9. The van der Waals surface area contributed by atoms with Crippen LogP contribution in [-0.2, 0) is 4.74 Å². The van der Waals surface area contributed by atoms with E-state index in [-0.39, 0.29) is 0 Å². The van der Waals surface area contributed by atoms with Crippen molar-refractivity contribution in [3.05, 3.63) is 0 Å². The molecule has 0 fully saturated rings. The number of hydrogen-bond acceptors (Lipinski definition) is 3. The first-order valence-electron chi connectivity index (χ1n) is 5.55. The van der Waals surface area contributed by atoms with Gasteiger partial charge in [-0.1, -0.05) is 20.8 Å². The predicted molar refractivity (Wildman–Crippen MR) is 60.8 cm³/mol. The smallest absolute Gasteiger partial charge is 0.0488 e. The Morgan fingerprint density at radius 2 is 1.86 bits per heavy atom. The standard InChI is InChI=1S/C11H26N2O/c1-9(2)5-6-11(13-12)7-10(3)8-14-4/h9-11,13H,5-8,12H2,1-4H3. The van der Waals surface area contributed by atoms with Gasteiger partial charge >= 0.3 is 0 Å². The molecule has 0 rings (SSSR count). The summed E-state index contributed by atoms with van der Waals surface area (Å²) in [5.74, 6) is 6.84. The summed E-state index contributed by atoms with van der Waals surface area (Å²) in [5.41, 5.74) is 2.89. The minimum Gasteiger partial charge on any atom is -0.384 e. The molecule has 86 valence electrons. The molecule has 0 heterocycles. The molecule has 2 atom stereocenters. The lowest BCUT2D eigenvalue weighted by Gasteiger charge is -2.20. The fourth-order valence-electron chi connectivity index (χ4n) is 1.64. The van der Waals surface area contributed by atoms with Crippen LogP contribution in [-0.4, -0.2) is 19.8 Å². The molecule has 0 aromatic carbocycles. The molecule has 0 aliphatic heterocycles. The zero-order chi connectivity index (χ0) is 11.0. The molecule has 0 saturated heterocycles. The highest BCUT2D eigenvalue weighted by Crippen LogP contribution is 2.13. The fraction of sp³-hybridized carbons (Fsp3) is 1.00. The monoisotopic (exact) mass is 202 g/mol. The molecular weight excluding hydrogens is 176 g/mol. The second kappa shape index (κ2) is 8.21. The van der Waals surface area contributed by atoms with Crippen molar-refractivity contribution in [2.24, 2.45) is 17.7 Å². The molecule has 3 N–H and O–H groups in total. The summed E-state index contributed by atoms with van der Waals surface area (Å²) in [6.07, 6.45) is 3.48. The lowest BCUT2D eigenvalue weighted by Crippen LogP contribution is -2.37. The van der Waals surface area contributed by atoms with Gasteiger partial charge in [-0.15, -0.1) is 0 Å². The maximum absolute atomic E-state index is 5.51. The summed E-state index contributed by atoms with van der Waals surface area (Å²) in [6.45, 7) is 7.50. The quantitative estimate of drug-likeness (QED) is 0.467. The molecule has 0 radical (unpaired) electrons. The van der Waals surface area contributed by atoms with Gasteiger partial charge < -0.3 is 4.74 Å². The minimum atomic E-state index is 0.433. The van der Waals surface area contributed by atoms with Crippen LogP contribution in [0, 0.1) is 11.8 Å². The number of nitrogens with two attached hydrogens (primary N) is 1. The third kappa shape index (κ3) is 7.30. The average molecular weight is 202 g/mol. The van der Waals surface area contributed by atoms with E-state index < -0.39 is 0 Å². The van der Waals surface area contributed by atoms with Gasteiger partial charge in [-0.05, 0) is 31.1 Å². The van der Waals surface area contributed by atoms with Gasteiger partial charge in [0, 0.05) is 19.8 Å². The van der Waals surface area contributed by atoms with Crippen LogP contribution in [0.25, 0.3) is 0 Å². The average Bonchev–Trinajstić information content (AvgIpc) is 2.12. The number of rotatable bonds is 8. The Kier molecular flexibility index (Phi) is 8.14. The van der Waals surface area contributed by atoms with E-state index in [9.17, 15) is 0 Å². The highest BCUT2D eigenvalue weighted by molar-refractivity contribution is 4.68. The van der Waals surface area contributed by atoms with Gasteiger partial charge in [0.2, 0.25) is 0 Å². The van der Waals surface area contributed by atoms with Crippen molar-refractivity contribution in [3.8, 4) is 0 Å². The van der Waals surface area contributed by atoms with E-state index >= 15 is 0 Å². The van der Waals surface area contributed by atoms with Crippen molar-refractivity contribution in [1.29, 1.82) is 0 Å². The molecule has 2 unspecified atom stereocenters. The number of methoxy groups -OCH3 is 1. The zero-order valence-corrected chi connectivity index (χ0v) is 10.0. The van der Waals surface area contributed by atoms with Crippen LogP contribution in [0.2, 0.25) is 0 Å². The fourth-order valence-corrected chi connectivity index (χ4v) is 1.64. The maximum atomic E-state index is 5.51. The van der Waals surface area contributed by atoms with E-state index in [0.29, 0.717) is 12.0 Å². The van der Waals surface area contributed by atoms with Crippen LogP contribution in [0.5, 0.6) is 0 Å². The highest BCUT2D eigenvalue weighted by atomic mass is 16.5. The van der Waals surface area contributed by atoms with Crippen LogP contribution in [0.4, 0.5) is 0 Å². The molecular formula is C11H26N2O. The minimum absolute atomic E-state index is 0.433. The van der Waals surface area contributed by atoms with Crippen LogP contribution in [0.1, 0.15) is 40.0 Å². The summed E-state index contributed by atoms with van der Waals surface area (Å²) in [6, 6.07) is 0.433. The summed E-state index contributed by atoms with van der Waals surface area (Å²) in [5, 5.41) is 0. The van der Waals surface area contributed by atoms with E-state index in [1.165, 1.54) is 6.42 Å². The lowest BCUT2D eigenvalue weighted by atomic mass is 9.96. The third-order valence-electron chi connectivity index (χ3n) is 2.47. The molecule has 0 aromatic rings. The SMILES string of the molecule is COCC(C)CC(CCC(C)C)NN. The predicted octanol–water partition coefficient (Wildman–Crippen LogP) is 1.93. The Morgan fingerprint density at radius 3 is 2.29 bits per heavy atom. The Balaban J connectivity index is 3.66. The number of hydrazine groups is 1. The van der Waals surface area contributed by atoms with Gasteiger partial charge in [-0.3, -0.25) is 11.3 Å². The summed E-state index contributed by atoms with van der Waals surface area (Å²) >= 11 is 0. The largest absolute Gasteiger partial charge is 0.384 e. The van der Waals surface area contributed by atoms with Crippen molar-refractivity contribution in [1.82, 2.24) is 5.43 Å². The third-order valence-corrected chi connectivity index (χ3v) is 2.47. The molecule has 0 bridgehead atoms. The molecule has 0 spiro atoms. The molecule has 14 heavy (non-hydrogen) atoms. The number of ether oxygens (including phenoxy) is 1. The molecule has 3 nitrogen and oxygen atoms in total. The molecule has 0 aliphatic rings. The van der Waals surface area contributed by atoms with Gasteiger partial charge in [0.05, 0.1) is 0 Å². The van der Waals surface area contributed by atoms with Crippen molar-refractivity contribution in [2.75, 3.05) is 13.7 Å². The second-order valence-electron chi connectivity index (χ2n) is 4.63. The van der Waals surface area contributed by atoms with Crippen LogP contribution >= 0.6 is 0 Å². The molecule has 0 saturated carbocycles. The molecule has 3 heteroatoms. The first kappa shape index (κ1) is 13.9. The van der Waals surface area contributed by atoms with Gasteiger partial charge in [0.1, 0.15) is 0 Å². The van der Waals surface area contributed by atoms with Crippen molar-refractivity contribution < 1.29 is 4.74 Å². The van der Waals surface area contributed by atoms with E-state index in [2.05, 4.69) is 26.2 Å². The second-order valence-corrected chi connectivity index (χ2v) is 4.63. The summed E-state index contributed by atoms with van der Waals surface area (Å²) in [4.78, 5) is 0. The van der Waals surface area contributed by atoms with Crippen LogP contribution < -0.4 is 11.3 Å². The number of hydrogen-bond donors (Lipinski definition) is 2. The first-order valence-corrected chi connectivity index (χ1v) is 5.55. The van der Waals surface area contributed by atoms with Gasteiger partial charge in [0.15, 0.2) is 0 Å². The van der Waals surface area contributed by atoms with Crippen molar-refractivity contribution >= 4 is 0 Å². The Morgan fingerprint density at radius 1 is 1.21 bits per heavy atom. The maximum Gasteiger partial charge on any atom is 0.0488 e. The summed E-state index contributed by atoms with van der Waals surface area (Å²) in [7, 11) is 1.75. The Bertz CT molecular complexity index is 128. The molecule has 0 aromatic heterocycles. The topological polar surface area (TPSA) is 47.3 Å². The van der Waals surface area contributed by atoms with Crippen LogP contribution in [0.3, 0.4) is 0 Å². The van der Waals surface area contributed by atoms with Crippen molar-refractivity contribution in [2.45, 2.75) is 46.1 Å². The molecule has 0 aliphatic carbocycles. The Hall–Kier alpha value is -0.120. The summed E-state index contributed by atoms with van der Waals surface area (Å²) < 4.78 is 5.11. The Labute approximate surface area is 88.4 Å². The van der Waals surface area contributed by atoms with Crippen LogP contribution in [0.15, 0.2) is 0 Å². The van der Waals surface area contributed by atoms with Gasteiger partial charge in [-0.2, -0.15) is 0 Å². The number of nitrogens with one attached hydrogen (secondary N) is 1. The van der Waals surface area contributed by atoms with E-state index in [0.717, 1.165) is 25.4 Å². The van der Waals surface area contributed by atoms with Gasteiger partial charge in [-0.25, -0.2) is 0 Å². The zero-order valence-electron chi connectivity index (χ0n) is 10.0. The molecule has 0 amide bonds. The van der Waals surface area contributed by atoms with Gasteiger partial charge in [0.25, 0.3) is 0 Å². The highest BCUT2D eigenvalue weighted by Gasteiger charge is 2.12. The van der Waals surface area contributed by atoms with E-state index in [1.54, 1.807) is 7.11 Å².